The van der Waals surface area contributed by atoms with Crippen molar-refractivity contribution in [1.29, 1.82) is 0 Å². The Hall–Kier alpha value is 0.120. The zero-order valence-corrected chi connectivity index (χ0v) is 6.76. The first-order valence-electron chi connectivity index (χ1n) is 2.77. The number of hydrogen-bond donors (Lipinski definition) is 2. The van der Waals surface area contributed by atoms with Gasteiger partial charge in [-0.05, 0) is 13.0 Å². The third-order valence-corrected chi connectivity index (χ3v) is 1.99. The molecule has 1 atom stereocenters. The van der Waals surface area contributed by atoms with Crippen LogP contribution in [0.5, 0.6) is 0 Å². The number of carbonyl (C=O) groups is 1. The summed E-state index contributed by atoms with van der Waals surface area (Å²) in [6, 6.07) is 0. The van der Waals surface area contributed by atoms with E-state index in [9.17, 15) is 13.2 Å². The Morgan fingerprint density at radius 3 is 2.33 bits per heavy atom. The molecule has 0 aromatic carbocycles. The van der Waals surface area contributed by atoms with E-state index in [-0.39, 0.29) is 29.6 Å². The van der Waals surface area contributed by atoms with Crippen molar-refractivity contribution in [2.75, 3.05) is 0 Å². The van der Waals surface area contributed by atoms with Gasteiger partial charge in [0.2, 0.25) is 5.91 Å². The second-order valence-corrected chi connectivity index (χ2v) is 3.61. The van der Waals surface area contributed by atoms with E-state index in [1.807, 2.05) is 5.32 Å². The summed E-state index contributed by atoms with van der Waals surface area (Å²) >= 11 is 0. The third-order valence-electron chi connectivity index (χ3n) is 0.978. The molecule has 0 aliphatic heterocycles. The van der Waals surface area contributed by atoms with E-state index in [0.29, 0.717) is 0 Å². The van der Waals surface area contributed by atoms with E-state index in [2.05, 4.69) is 6.58 Å². The molecule has 0 saturated carbocycles. The van der Waals surface area contributed by atoms with Crippen LogP contribution in [0, 0.1) is 0 Å². The average molecular weight is 203 g/mol. The number of carbonyl (C=O) groups excluding carboxylic acids is 1. The van der Waals surface area contributed by atoms with Gasteiger partial charge in [0, 0.05) is 0 Å². The molecular weight excluding hydrogens is 193 g/mol. The monoisotopic (exact) mass is 203 g/mol. The van der Waals surface area contributed by atoms with Gasteiger partial charge in [0.1, 0.15) is 0 Å². The first-order chi connectivity index (χ1) is 4.88. The Balaban J connectivity index is 0. The SMILES string of the molecule is C=CC(=O)NC(C)S(=O)(=O)O.[NaH]. The van der Waals surface area contributed by atoms with Crippen molar-refractivity contribution in [1.82, 2.24) is 5.32 Å². The van der Waals surface area contributed by atoms with Crippen LogP contribution in [-0.4, -0.2) is 53.8 Å². The predicted octanol–water partition coefficient (Wildman–Crippen LogP) is -1.13. The molecule has 0 fully saturated rings. The van der Waals surface area contributed by atoms with Crippen molar-refractivity contribution in [3.63, 3.8) is 0 Å². The van der Waals surface area contributed by atoms with Crippen LogP contribution in [0.3, 0.4) is 0 Å². The second-order valence-electron chi connectivity index (χ2n) is 1.87. The summed E-state index contributed by atoms with van der Waals surface area (Å²) in [6.07, 6.45) is 0.918. The fourth-order valence-corrected chi connectivity index (χ4v) is 0.599. The van der Waals surface area contributed by atoms with Gasteiger partial charge in [0.15, 0.2) is 5.37 Å². The van der Waals surface area contributed by atoms with Crippen molar-refractivity contribution >= 4 is 45.6 Å². The molecular formula is C5H10NNaO4S. The van der Waals surface area contributed by atoms with Crippen LogP contribution in [0.2, 0.25) is 0 Å². The zero-order chi connectivity index (χ0) is 9.07. The van der Waals surface area contributed by atoms with Crippen LogP contribution in [0.1, 0.15) is 6.92 Å². The van der Waals surface area contributed by atoms with E-state index < -0.39 is 21.4 Å². The fraction of sp³-hybridized carbons (Fsp3) is 0.400. The van der Waals surface area contributed by atoms with Gasteiger partial charge < -0.3 is 5.32 Å². The molecule has 1 amide bonds. The van der Waals surface area contributed by atoms with Crippen molar-refractivity contribution in [3.8, 4) is 0 Å². The van der Waals surface area contributed by atoms with Crippen LogP contribution >= 0.6 is 0 Å². The van der Waals surface area contributed by atoms with E-state index in [1.54, 1.807) is 0 Å². The van der Waals surface area contributed by atoms with E-state index in [4.69, 9.17) is 4.55 Å². The Labute approximate surface area is 93.3 Å². The predicted molar refractivity (Wildman–Crippen MR) is 46.5 cm³/mol. The maximum atomic E-state index is 10.5. The number of amides is 1. The van der Waals surface area contributed by atoms with Crippen molar-refractivity contribution in [2.45, 2.75) is 12.3 Å². The summed E-state index contributed by atoms with van der Waals surface area (Å²) < 4.78 is 28.9. The minimum atomic E-state index is -4.19. The number of nitrogens with one attached hydrogen (secondary N) is 1. The molecule has 5 nitrogen and oxygen atoms in total. The zero-order valence-electron chi connectivity index (χ0n) is 5.94. The molecule has 0 bridgehead atoms. The molecule has 0 heterocycles. The minimum absolute atomic E-state index is 0. The summed E-state index contributed by atoms with van der Waals surface area (Å²) in [5.41, 5.74) is 0. The van der Waals surface area contributed by atoms with Crippen molar-refractivity contribution in [2.24, 2.45) is 0 Å². The second kappa shape index (κ2) is 5.71. The van der Waals surface area contributed by atoms with E-state index >= 15 is 0 Å². The molecule has 0 aliphatic rings. The topological polar surface area (TPSA) is 83.5 Å². The summed E-state index contributed by atoms with van der Waals surface area (Å²) in [4.78, 5) is 10.5. The summed E-state index contributed by atoms with van der Waals surface area (Å²) in [5.74, 6) is -0.643. The van der Waals surface area contributed by atoms with Gasteiger partial charge in [-0.15, -0.1) is 0 Å². The van der Waals surface area contributed by atoms with E-state index in [0.717, 1.165) is 13.0 Å². The van der Waals surface area contributed by atoms with Gasteiger partial charge in [-0.1, -0.05) is 6.58 Å². The van der Waals surface area contributed by atoms with Gasteiger partial charge in [0.05, 0.1) is 0 Å². The quantitative estimate of drug-likeness (QED) is 0.345. The number of hydrogen-bond acceptors (Lipinski definition) is 3. The Morgan fingerprint density at radius 1 is 1.67 bits per heavy atom. The third kappa shape index (κ3) is 5.73. The van der Waals surface area contributed by atoms with Crippen molar-refractivity contribution in [3.05, 3.63) is 12.7 Å². The van der Waals surface area contributed by atoms with Gasteiger partial charge in [-0.2, -0.15) is 8.42 Å². The molecule has 0 aromatic heterocycles. The average Bonchev–Trinajstić information content (AvgIpc) is 1.85. The van der Waals surface area contributed by atoms with Crippen molar-refractivity contribution < 1.29 is 17.8 Å². The molecule has 0 aromatic rings. The fourth-order valence-electron chi connectivity index (χ4n) is 0.334. The molecule has 66 valence electrons. The summed E-state index contributed by atoms with van der Waals surface area (Å²) in [7, 11) is -4.19. The normalized spacial score (nSPS) is 12.5. The summed E-state index contributed by atoms with van der Waals surface area (Å²) in [6.45, 7) is 4.26. The molecule has 7 heteroatoms. The molecule has 2 N–H and O–H groups in total. The van der Waals surface area contributed by atoms with Crippen LogP contribution in [-0.2, 0) is 14.9 Å². The molecule has 1 unspecified atom stereocenters. The first kappa shape index (κ1) is 14.6. The van der Waals surface area contributed by atoms with Gasteiger partial charge >= 0.3 is 29.6 Å². The van der Waals surface area contributed by atoms with Gasteiger partial charge in [-0.3, -0.25) is 9.35 Å². The Kier molecular flexibility index (Phi) is 6.97. The standard InChI is InChI=1S/C5H9NO4S.Na.H/c1-3-5(7)6-4(2)11(8,9)10;;/h3-4H,1H2,2H3,(H,6,7)(H,8,9,10);;. The maximum absolute atomic E-state index is 10.5. The first-order valence-corrected chi connectivity index (χ1v) is 4.27. The van der Waals surface area contributed by atoms with E-state index in [1.165, 1.54) is 0 Å². The van der Waals surface area contributed by atoms with Crippen LogP contribution < -0.4 is 5.32 Å². The molecule has 0 spiro atoms. The molecule has 12 heavy (non-hydrogen) atoms. The molecule has 0 aliphatic carbocycles. The molecule has 0 rings (SSSR count). The molecule has 0 saturated heterocycles. The summed E-state index contributed by atoms with van der Waals surface area (Å²) in [5, 5.41) is 0.676. The van der Waals surface area contributed by atoms with Gasteiger partial charge in [-0.25, -0.2) is 0 Å². The molecule has 0 radical (unpaired) electrons. The number of rotatable bonds is 3. The Bertz CT molecular complexity index is 261. The Morgan fingerprint density at radius 2 is 2.08 bits per heavy atom. The van der Waals surface area contributed by atoms with Gasteiger partial charge in [0.25, 0.3) is 10.1 Å². The van der Waals surface area contributed by atoms with Crippen LogP contribution in [0.15, 0.2) is 12.7 Å². The van der Waals surface area contributed by atoms with Crippen LogP contribution in [0.4, 0.5) is 0 Å². The van der Waals surface area contributed by atoms with Crippen LogP contribution in [0.25, 0.3) is 0 Å².